The summed E-state index contributed by atoms with van der Waals surface area (Å²) >= 11 is 0. The Hall–Kier alpha value is -2.24. The van der Waals surface area contributed by atoms with E-state index in [0.29, 0.717) is 30.5 Å². The summed E-state index contributed by atoms with van der Waals surface area (Å²) in [6.45, 7) is 2.06. The highest BCUT2D eigenvalue weighted by Crippen LogP contribution is 2.32. The van der Waals surface area contributed by atoms with Crippen molar-refractivity contribution in [3.05, 3.63) is 30.4 Å². The fourth-order valence-corrected chi connectivity index (χ4v) is 2.24. The van der Waals surface area contributed by atoms with E-state index in [4.69, 9.17) is 4.52 Å². The first-order valence-electron chi connectivity index (χ1n) is 7.25. The van der Waals surface area contributed by atoms with E-state index in [1.54, 1.807) is 12.4 Å². The van der Waals surface area contributed by atoms with Gasteiger partial charge in [-0.1, -0.05) is 5.16 Å². The summed E-state index contributed by atoms with van der Waals surface area (Å²) in [6, 6.07) is 3.91. The predicted octanol–water partition coefficient (Wildman–Crippen LogP) is 1.98. The second-order valence-corrected chi connectivity index (χ2v) is 5.44. The van der Waals surface area contributed by atoms with Crippen molar-refractivity contribution < 1.29 is 9.32 Å². The van der Waals surface area contributed by atoms with Gasteiger partial charge in [0, 0.05) is 36.8 Å². The third-order valence-corrected chi connectivity index (χ3v) is 3.69. The highest BCUT2D eigenvalue weighted by Gasteiger charge is 2.28. The maximum Gasteiger partial charge on any atom is 0.227 e. The predicted molar refractivity (Wildman–Crippen MR) is 76.2 cm³/mol. The van der Waals surface area contributed by atoms with Crippen molar-refractivity contribution in [2.45, 2.75) is 38.6 Å². The number of carbonyl (C=O) groups is 1. The molecule has 0 spiro atoms. The van der Waals surface area contributed by atoms with Crippen LogP contribution in [-0.4, -0.2) is 27.1 Å². The third kappa shape index (κ3) is 3.65. The van der Waals surface area contributed by atoms with Gasteiger partial charge in [0.25, 0.3) is 0 Å². The van der Waals surface area contributed by atoms with Gasteiger partial charge in [0.2, 0.25) is 17.6 Å². The second kappa shape index (κ2) is 6.03. The van der Waals surface area contributed by atoms with Crippen LogP contribution in [0, 0.1) is 5.92 Å². The number of carbonyl (C=O) groups excluding carboxylic acids is 1. The van der Waals surface area contributed by atoms with Gasteiger partial charge in [-0.2, -0.15) is 4.98 Å². The van der Waals surface area contributed by atoms with Crippen molar-refractivity contribution >= 4 is 5.91 Å². The average Bonchev–Trinajstić information content (AvgIpc) is 3.25. The fourth-order valence-electron chi connectivity index (χ4n) is 2.24. The molecule has 2 heterocycles. The van der Waals surface area contributed by atoms with Crippen molar-refractivity contribution in [2.24, 2.45) is 5.92 Å². The van der Waals surface area contributed by atoms with Crippen LogP contribution in [0.5, 0.6) is 0 Å². The lowest BCUT2D eigenvalue weighted by atomic mass is 10.2. The molecular weight excluding hydrogens is 268 g/mol. The zero-order chi connectivity index (χ0) is 14.7. The number of hydrogen-bond acceptors (Lipinski definition) is 5. The molecule has 1 N–H and O–H groups in total. The van der Waals surface area contributed by atoms with Gasteiger partial charge < -0.3 is 9.84 Å². The van der Waals surface area contributed by atoms with E-state index >= 15 is 0 Å². The SMILES string of the molecule is C[C@H](NC(=O)CCc1nc(-c2ccncc2)no1)C1CC1. The molecule has 0 radical (unpaired) electrons. The molecular formula is C15H18N4O2. The van der Waals surface area contributed by atoms with Gasteiger partial charge in [0.05, 0.1) is 0 Å². The van der Waals surface area contributed by atoms with Gasteiger partial charge >= 0.3 is 0 Å². The Balaban J connectivity index is 1.51. The second-order valence-electron chi connectivity index (χ2n) is 5.44. The Bertz CT molecular complexity index is 607. The minimum atomic E-state index is 0.0399. The minimum absolute atomic E-state index is 0.0399. The van der Waals surface area contributed by atoms with E-state index in [0.717, 1.165) is 5.56 Å². The number of nitrogens with one attached hydrogen (secondary N) is 1. The number of pyridine rings is 1. The van der Waals surface area contributed by atoms with Crippen LogP contribution < -0.4 is 5.32 Å². The molecule has 1 atom stereocenters. The molecule has 6 nitrogen and oxygen atoms in total. The van der Waals surface area contributed by atoms with E-state index in [1.165, 1.54) is 12.8 Å². The highest BCUT2D eigenvalue weighted by atomic mass is 16.5. The molecule has 110 valence electrons. The average molecular weight is 286 g/mol. The maximum atomic E-state index is 11.8. The van der Waals surface area contributed by atoms with Gasteiger partial charge in [-0.15, -0.1) is 0 Å². The lowest BCUT2D eigenvalue weighted by molar-refractivity contribution is -0.121. The van der Waals surface area contributed by atoms with Crippen LogP contribution in [0.25, 0.3) is 11.4 Å². The van der Waals surface area contributed by atoms with Gasteiger partial charge in [-0.25, -0.2) is 0 Å². The Morgan fingerprint density at radius 2 is 2.19 bits per heavy atom. The zero-order valence-corrected chi connectivity index (χ0v) is 12.0. The topological polar surface area (TPSA) is 80.9 Å². The molecule has 0 aromatic carbocycles. The molecule has 0 aliphatic heterocycles. The van der Waals surface area contributed by atoms with E-state index in [-0.39, 0.29) is 11.9 Å². The Morgan fingerprint density at radius 1 is 1.43 bits per heavy atom. The fraction of sp³-hybridized carbons (Fsp3) is 0.467. The van der Waals surface area contributed by atoms with Gasteiger partial charge in [-0.3, -0.25) is 9.78 Å². The van der Waals surface area contributed by atoms with E-state index < -0.39 is 0 Å². The molecule has 0 saturated heterocycles. The minimum Gasteiger partial charge on any atom is -0.353 e. The molecule has 3 rings (SSSR count). The van der Waals surface area contributed by atoms with Crippen molar-refractivity contribution in [2.75, 3.05) is 0 Å². The molecule has 6 heteroatoms. The summed E-state index contributed by atoms with van der Waals surface area (Å²) in [4.78, 5) is 20.1. The van der Waals surface area contributed by atoms with Crippen LogP contribution in [0.1, 0.15) is 32.1 Å². The van der Waals surface area contributed by atoms with Gasteiger partial charge in [0.1, 0.15) is 0 Å². The number of hydrogen-bond donors (Lipinski definition) is 1. The lowest BCUT2D eigenvalue weighted by Crippen LogP contribution is -2.34. The Kier molecular flexibility index (Phi) is 3.94. The molecule has 21 heavy (non-hydrogen) atoms. The number of nitrogens with zero attached hydrogens (tertiary/aromatic N) is 3. The molecule has 0 bridgehead atoms. The van der Waals surface area contributed by atoms with Gasteiger partial charge in [-0.05, 0) is 37.8 Å². The lowest BCUT2D eigenvalue weighted by Gasteiger charge is -2.11. The normalized spacial score (nSPS) is 15.7. The van der Waals surface area contributed by atoms with Crippen LogP contribution in [0.3, 0.4) is 0 Å². The van der Waals surface area contributed by atoms with E-state index in [9.17, 15) is 4.79 Å². The third-order valence-electron chi connectivity index (χ3n) is 3.69. The maximum absolute atomic E-state index is 11.8. The first kappa shape index (κ1) is 13.7. The van der Waals surface area contributed by atoms with Crippen molar-refractivity contribution in [1.29, 1.82) is 0 Å². The highest BCUT2D eigenvalue weighted by molar-refractivity contribution is 5.76. The molecule has 1 amide bonds. The van der Waals surface area contributed by atoms with Crippen molar-refractivity contribution in [3.8, 4) is 11.4 Å². The molecule has 1 fully saturated rings. The van der Waals surface area contributed by atoms with E-state index in [2.05, 4.69) is 27.4 Å². The number of aromatic nitrogens is 3. The molecule has 1 aliphatic carbocycles. The number of rotatable bonds is 6. The Morgan fingerprint density at radius 3 is 2.90 bits per heavy atom. The first-order chi connectivity index (χ1) is 10.2. The smallest absolute Gasteiger partial charge is 0.227 e. The van der Waals surface area contributed by atoms with Crippen LogP contribution in [-0.2, 0) is 11.2 Å². The summed E-state index contributed by atoms with van der Waals surface area (Å²) in [6.07, 6.45) is 6.63. The van der Waals surface area contributed by atoms with E-state index in [1.807, 2.05) is 12.1 Å². The molecule has 2 aromatic heterocycles. The molecule has 0 unspecified atom stereocenters. The zero-order valence-electron chi connectivity index (χ0n) is 12.0. The summed E-state index contributed by atoms with van der Waals surface area (Å²) in [5.74, 6) is 1.71. The first-order valence-corrected chi connectivity index (χ1v) is 7.25. The standard InChI is InChI=1S/C15H18N4O2/c1-10(11-2-3-11)17-13(20)4-5-14-18-15(19-21-14)12-6-8-16-9-7-12/h6-11H,2-5H2,1H3,(H,17,20)/t10-/m0/s1. The molecule has 2 aromatic rings. The van der Waals surface area contributed by atoms with Crippen molar-refractivity contribution in [3.63, 3.8) is 0 Å². The van der Waals surface area contributed by atoms with Crippen LogP contribution in [0.15, 0.2) is 29.0 Å². The molecule has 1 aliphatic rings. The summed E-state index contributed by atoms with van der Waals surface area (Å²) in [5.41, 5.74) is 0.854. The van der Waals surface area contributed by atoms with Crippen molar-refractivity contribution in [1.82, 2.24) is 20.4 Å². The summed E-state index contributed by atoms with van der Waals surface area (Å²) in [5, 5.41) is 6.93. The monoisotopic (exact) mass is 286 g/mol. The quantitative estimate of drug-likeness (QED) is 0.878. The largest absolute Gasteiger partial charge is 0.353 e. The Labute approximate surface area is 123 Å². The van der Waals surface area contributed by atoms with Crippen LogP contribution >= 0.6 is 0 Å². The van der Waals surface area contributed by atoms with Gasteiger partial charge in [0.15, 0.2) is 0 Å². The van der Waals surface area contributed by atoms with Crippen LogP contribution in [0.2, 0.25) is 0 Å². The number of amides is 1. The molecule has 1 saturated carbocycles. The summed E-state index contributed by atoms with van der Waals surface area (Å²) in [7, 11) is 0. The number of aryl methyl sites for hydroxylation is 1. The van der Waals surface area contributed by atoms with Crippen LogP contribution in [0.4, 0.5) is 0 Å². The summed E-state index contributed by atoms with van der Waals surface area (Å²) < 4.78 is 5.17.